The fourth-order valence-corrected chi connectivity index (χ4v) is 3.17. The third-order valence-corrected chi connectivity index (χ3v) is 4.33. The van der Waals surface area contributed by atoms with E-state index in [0.717, 1.165) is 26.6 Å². The van der Waals surface area contributed by atoms with Gasteiger partial charge in [0.1, 0.15) is 5.76 Å². The molecule has 2 aromatic rings. The van der Waals surface area contributed by atoms with Gasteiger partial charge in [-0.1, -0.05) is 6.07 Å². The second-order valence-electron chi connectivity index (χ2n) is 3.57. The van der Waals surface area contributed by atoms with Crippen molar-refractivity contribution in [3.05, 3.63) is 46.8 Å². The van der Waals surface area contributed by atoms with Crippen LogP contribution in [0.25, 0.3) is 0 Å². The molecule has 17 heavy (non-hydrogen) atoms. The van der Waals surface area contributed by atoms with Crippen LogP contribution in [-0.4, -0.2) is 7.05 Å². The smallest absolute Gasteiger partial charge is 0.114 e. The molecule has 0 radical (unpaired) electrons. The average Bonchev–Trinajstić information content (AvgIpc) is 2.80. The van der Waals surface area contributed by atoms with Gasteiger partial charge in [0, 0.05) is 16.4 Å². The summed E-state index contributed by atoms with van der Waals surface area (Å²) in [6, 6.07) is 9.84. The fourth-order valence-electron chi connectivity index (χ4n) is 1.46. The summed E-state index contributed by atoms with van der Waals surface area (Å²) in [7, 11) is 1.83. The van der Waals surface area contributed by atoms with Gasteiger partial charge in [0.05, 0.1) is 17.7 Å². The van der Waals surface area contributed by atoms with Crippen LogP contribution >= 0.6 is 27.7 Å². The molecule has 0 spiro atoms. The standard InChI is InChI=1S/C12H13BrN2OS/c1-15(14)11-6-2-5-10(13)12(11)17-8-9-4-3-7-16-9/h2-7H,8,14H2,1H3. The second-order valence-corrected chi connectivity index (χ2v) is 5.41. The Balaban J connectivity index is 2.19. The maximum absolute atomic E-state index is 5.81. The van der Waals surface area contributed by atoms with E-state index in [2.05, 4.69) is 15.9 Å². The molecule has 0 aliphatic carbocycles. The Morgan fingerprint density at radius 1 is 1.35 bits per heavy atom. The van der Waals surface area contributed by atoms with Crippen molar-refractivity contribution in [2.24, 2.45) is 5.84 Å². The molecular weight excluding hydrogens is 300 g/mol. The first-order chi connectivity index (χ1) is 8.18. The zero-order chi connectivity index (χ0) is 12.3. The molecule has 0 atom stereocenters. The Morgan fingerprint density at radius 2 is 2.18 bits per heavy atom. The number of nitrogens with two attached hydrogens (primary N) is 1. The van der Waals surface area contributed by atoms with E-state index >= 15 is 0 Å². The minimum atomic E-state index is 0.788. The molecule has 1 heterocycles. The van der Waals surface area contributed by atoms with Gasteiger partial charge in [-0.15, -0.1) is 11.8 Å². The summed E-state index contributed by atoms with van der Waals surface area (Å²) in [5.41, 5.74) is 0.996. The Labute approximate surface area is 113 Å². The van der Waals surface area contributed by atoms with E-state index in [1.54, 1.807) is 23.0 Å². The first-order valence-electron chi connectivity index (χ1n) is 5.10. The minimum Gasteiger partial charge on any atom is -0.468 e. The van der Waals surface area contributed by atoms with Crippen molar-refractivity contribution in [3.63, 3.8) is 0 Å². The first-order valence-corrected chi connectivity index (χ1v) is 6.88. The van der Waals surface area contributed by atoms with Crippen molar-refractivity contribution in [3.8, 4) is 0 Å². The van der Waals surface area contributed by atoms with Gasteiger partial charge < -0.3 is 9.43 Å². The zero-order valence-corrected chi connectivity index (χ0v) is 11.8. The van der Waals surface area contributed by atoms with Crippen LogP contribution < -0.4 is 10.9 Å². The van der Waals surface area contributed by atoms with Crippen LogP contribution in [0, 0.1) is 0 Å². The molecule has 5 heteroatoms. The molecule has 90 valence electrons. The molecular formula is C12H13BrN2OS. The van der Waals surface area contributed by atoms with E-state index in [0.29, 0.717) is 0 Å². The van der Waals surface area contributed by atoms with Crippen LogP contribution in [0.2, 0.25) is 0 Å². The van der Waals surface area contributed by atoms with Gasteiger partial charge in [-0.25, -0.2) is 5.84 Å². The average molecular weight is 313 g/mol. The first kappa shape index (κ1) is 12.5. The van der Waals surface area contributed by atoms with Crippen LogP contribution in [0.1, 0.15) is 5.76 Å². The van der Waals surface area contributed by atoms with E-state index < -0.39 is 0 Å². The van der Waals surface area contributed by atoms with Gasteiger partial charge in [0.25, 0.3) is 0 Å². The van der Waals surface area contributed by atoms with Crippen molar-refractivity contribution in [1.29, 1.82) is 0 Å². The number of furan rings is 1. The van der Waals surface area contributed by atoms with Crippen molar-refractivity contribution in [2.75, 3.05) is 12.1 Å². The Hall–Kier alpha value is -0.910. The molecule has 0 fully saturated rings. The normalized spacial score (nSPS) is 10.5. The lowest BCUT2D eigenvalue weighted by Crippen LogP contribution is -2.25. The maximum atomic E-state index is 5.81. The SMILES string of the molecule is CN(N)c1cccc(Br)c1SCc1ccco1. The second kappa shape index (κ2) is 5.62. The number of hydrogen-bond donors (Lipinski definition) is 1. The summed E-state index contributed by atoms with van der Waals surface area (Å²) >= 11 is 5.24. The van der Waals surface area contributed by atoms with E-state index in [9.17, 15) is 0 Å². The summed E-state index contributed by atoms with van der Waals surface area (Å²) in [6.45, 7) is 0. The summed E-state index contributed by atoms with van der Waals surface area (Å²) in [5.74, 6) is 7.55. The predicted octanol–water partition coefficient (Wildman–Crippen LogP) is 3.64. The molecule has 0 aliphatic rings. The fraction of sp³-hybridized carbons (Fsp3) is 0.167. The summed E-state index contributed by atoms with van der Waals surface area (Å²) in [5, 5.41) is 1.62. The molecule has 1 aromatic carbocycles. The monoisotopic (exact) mass is 312 g/mol. The highest BCUT2D eigenvalue weighted by molar-refractivity contribution is 9.10. The zero-order valence-electron chi connectivity index (χ0n) is 9.39. The van der Waals surface area contributed by atoms with Crippen molar-refractivity contribution in [1.82, 2.24) is 0 Å². The Morgan fingerprint density at radius 3 is 2.82 bits per heavy atom. The van der Waals surface area contributed by atoms with Crippen LogP contribution in [-0.2, 0) is 5.75 Å². The molecule has 0 saturated heterocycles. The van der Waals surface area contributed by atoms with Gasteiger partial charge in [-0.05, 0) is 40.2 Å². The lowest BCUT2D eigenvalue weighted by molar-refractivity contribution is 0.530. The van der Waals surface area contributed by atoms with Crippen LogP contribution in [0.5, 0.6) is 0 Å². The molecule has 0 aliphatic heterocycles. The lowest BCUT2D eigenvalue weighted by Gasteiger charge is -2.17. The quantitative estimate of drug-likeness (QED) is 0.531. The van der Waals surface area contributed by atoms with Gasteiger partial charge in [0.15, 0.2) is 0 Å². The van der Waals surface area contributed by atoms with Crippen LogP contribution in [0.15, 0.2) is 50.4 Å². The van der Waals surface area contributed by atoms with Gasteiger partial charge in [-0.2, -0.15) is 0 Å². The van der Waals surface area contributed by atoms with Crippen molar-refractivity contribution < 1.29 is 4.42 Å². The van der Waals surface area contributed by atoms with Crippen molar-refractivity contribution >= 4 is 33.4 Å². The number of benzene rings is 1. The Kier molecular flexibility index (Phi) is 4.15. The van der Waals surface area contributed by atoms with Gasteiger partial charge in [-0.3, -0.25) is 0 Å². The van der Waals surface area contributed by atoms with E-state index in [1.165, 1.54) is 0 Å². The molecule has 1 aromatic heterocycles. The third kappa shape index (κ3) is 3.06. The highest BCUT2D eigenvalue weighted by atomic mass is 79.9. The van der Waals surface area contributed by atoms with Gasteiger partial charge >= 0.3 is 0 Å². The number of nitrogens with zero attached hydrogens (tertiary/aromatic N) is 1. The maximum Gasteiger partial charge on any atom is 0.114 e. The predicted molar refractivity (Wildman–Crippen MR) is 75.0 cm³/mol. The third-order valence-electron chi connectivity index (χ3n) is 2.27. The van der Waals surface area contributed by atoms with E-state index in [1.807, 2.05) is 37.4 Å². The number of hydrazine groups is 1. The Bertz CT molecular complexity index is 485. The van der Waals surface area contributed by atoms with Gasteiger partial charge in [0.2, 0.25) is 0 Å². The lowest BCUT2D eigenvalue weighted by atomic mass is 10.3. The van der Waals surface area contributed by atoms with Crippen molar-refractivity contribution in [2.45, 2.75) is 10.6 Å². The number of halogens is 1. The molecule has 0 amide bonds. The molecule has 0 unspecified atom stereocenters. The largest absolute Gasteiger partial charge is 0.468 e. The number of thioether (sulfide) groups is 1. The highest BCUT2D eigenvalue weighted by Crippen LogP contribution is 2.37. The molecule has 0 saturated carbocycles. The number of anilines is 1. The van der Waals surface area contributed by atoms with Crippen LogP contribution in [0.4, 0.5) is 5.69 Å². The molecule has 0 bridgehead atoms. The van der Waals surface area contributed by atoms with E-state index in [4.69, 9.17) is 10.3 Å². The minimum absolute atomic E-state index is 0.788. The van der Waals surface area contributed by atoms with E-state index in [-0.39, 0.29) is 0 Å². The summed E-state index contributed by atoms with van der Waals surface area (Å²) in [4.78, 5) is 1.12. The highest BCUT2D eigenvalue weighted by Gasteiger charge is 2.10. The molecule has 2 N–H and O–H groups in total. The summed E-state index contributed by atoms with van der Waals surface area (Å²) < 4.78 is 6.36. The summed E-state index contributed by atoms with van der Waals surface area (Å²) in [6.07, 6.45) is 1.69. The topological polar surface area (TPSA) is 42.4 Å². The van der Waals surface area contributed by atoms with Crippen LogP contribution in [0.3, 0.4) is 0 Å². The molecule has 3 nitrogen and oxygen atoms in total. The number of rotatable bonds is 4. The molecule has 2 rings (SSSR count). The number of hydrogen-bond acceptors (Lipinski definition) is 4.